The monoisotopic (exact) mass is 592 g/mol. The van der Waals surface area contributed by atoms with E-state index in [-0.39, 0.29) is 18.4 Å². The van der Waals surface area contributed by atoms with Crippen LogP contribution in [0, 0.1) is 11.8 Å². The van der Waals surface area contributed by atoms with Crippen LogP contribution in [0.4, 0.5) is 0 Å². The quantitative estimate of drug-likeness (QED) is 0.139. The summed E-state index contributed by atoms with van der Waals surface area (Å²) in [5.41, 5.74) is 0.463. The lowest BCUT2D eigenvalue weighted by atomic mass is 9.89. The van der Waals surface area contributed by atoms with E-state index in [2.05, 4.69) is 15.9 Å². The van der Waals surface area contributed by atoms with Gasteiger partial charge >= 0.3 is 5.97 Å². The van der Waals surface area contributed by atoms with E-state index >= 15 is 0 Å². The summed E-state index contributed by atoms with van der Waals surface area (Å²) in [6, 6.07) is 12.8. The van der Waals surface area contributed by atoms with Gasteiger partial charge in [-0.1, -0.05) is 42.5 Å². The molecule has 202 valence electrons. The van der Waals surface area contributed by atoms with Gasteiger partial charge < -0.3 is 25.2 Å². The number of aryl methyl sites for hydroxylation is 1. The molecule has 0 radical (unpaired) electrons. The van der Waals surface area contributed by atoms with E-state index in [0.29, 0.717) is 31.2 Å². The summed E-state index contributed by atoms with van der Waals surface area (Å²) in [4.78, 5) is 13.4. The molecule has 6 atom stereocenters. The van der Waals surface area contributed by atoms with Crippen LogP contribution in [0.5, 0.6) is 0 Å². The van der Waals surface area contributed by atoms with Crippen molar-refractivity contribution in [1.29, 1.82) is 0 Å². The lowest BCUT2D eigenvalue weighted by Crippen LogP contribution is -2.22. The molecule has 0 amide bonds. The van der Waals surface area contributed by atoms with Crippen LogP contribution in [0.2, 0.25) is 0 Å². The highest BCUT2D eigenvalue weighted by atomic mass is 79.9. The minimum atomic E-state index is -0.630. The maximum Gasteiger partial charge on any atom is 0.338 e. The fraction of sp³-hybridized carbons (Fsp3) is 0.483. The summed E-state index contributed by atoms with van der Waals surface area (Å²) in [7, 11) is 0. The minimum Gasteiger partial charge on any atom is -0.456 e. The van der Waals surface area contributed by atoms with Gasteiger partial charge in [-0.05, 0) is 84.6 Å². The van der Waals surface area contributed by atoms with Crippen LogP contribution in [0.1, 0.15) is 53.8 Å². The first kappa shape index (κ1) is 29.7. The summed E-state index contributed by atoms with van der Waals surface area (Å²) in [5, 5.41) is 40.8. The summed E-state index contributed by atoms with van der Waals surface area (Å²) in [6.45, 7) is -0.223. The van der Waals surface area contributed by atoms with Gasteiger partial charge in [0.05, 0.1) is 34.3 Å². The molecule has 1 heterocycles. The van der Waals surface area contributed by atoms with Crippen molar-refractivity contribution in [1.82, 2.24) is 0 Å². The van der Waals surface area contributed by atoms with Gasteiger partial charge in [-0.25, -0.2) is 4.79 Å². The van der Waals surface area contributed by atoms with E-state index in [1.54, 1.807) is 41.7 Å². The molecule has 1 aliphatic rings. The Balaban J connectivity index is 1.40. The molecule has 6 nitrogen and oxygen atoms in total. The zero-order chi connectivity index (χ0) is 26.6. The topological polar surface area (TPSA) is 107 Å². The number of ether oxygens (including phenoxy) is 1. The van der Waals surface area contributed by atoms with Crippen LogP contribution in [0.15, 0.2) is 70.6 Å². The minimum absolute atomic E-state index is 0.111. The van der Waals surface area contributed by atoms with Crippen molar-refractivity contribution in [3.8, 4) is 0 Å². The highest BCUT2D eigenvalue weighted by molar-refractivity contribution is 9.11. The fourth-order valence-corrected chi connectivity index (χ4v) is 6.15. The average molecular weight is 594 g/mol. The summed E-state index contributed by atoms with van der Waals surface area (Å²) < 4.78 is 6.47. The molecule has 37 heavy (non-hydrogen) atoms. The molecule has 1 aromatic carbocycles. The second-order valence-corrected chi connectivity index (χ2v) is 12.1. The SMILES string of the molecule is O=C(OC(CO)CCC/C=C\C[C@@H]1[C@@H](/C=C/[C@@H](O)CCc2ccc(Br)s2)[C@H](O)C[C@@H]1O)c1ccccc1. The number of aliphatic hydroxyl groups is 4. The molecule has 0 aliphatic heterocycles. The van der Waals surface area contributed by atoms with Crippen LogP contribution in [-0.2, 0) is 11.2 Å². The van der Waals surface area contributed by atoms with Crippen molar-refractivity contribution in [2.75, 3.05) is 6.61 Å². The van der Waals surface area contributed by atoms with Gasteiger partial charge in [-0.3, -0.25) is 0 Å². The lowest BCUT2D eigenvalue weighted by Gasteiger charge is -2.19. The Morgan fingerprint density at radius 2 is 1.89 bits per heavy atom. The van der Waals surface area contributed by atoms with Gasteiger partial charge in [0.15, 0.2) is 0 Å². The Kier molecular flexibility index (Phi) is 12.5. The molecule has 1 aliphatic carbocycles. The molecule has 4 N–H and O–H groups in total. The molecule has 2 aromatic rings. The van der Waals surface area contributed by atoms with Gasteiger partial charge in [0.2, 0.25) is 0 Å². The van der Waals surface area contributed by atoms with E-state index in [1.165, 1.54) is 4.88 Å². The summed E-state index contributed by atoms with van der Waals surface area (Å²) >= 11 is 5.11. The van der Waals surface area contributed by atoms with Gasteiger partial charge in [0, 0.05) is 17.2 Å². The van der Waals surface area contributed by atoms with E-state index in [1.807, 2.05) is 36.4 Å². The molecular weight excluding hydrogens is 556 g/mol. The van der Waals surface area contributed by atoms with E-state index in [4.69, 9.17) is 4.74 Å². The van der Waals surface area contributed by atoms with Gasteiger partial charge in [0.1, 0.15) is 6.10 Å². The number of thiophene rings is 1. The third-order valence-electron chi connectivity index (χ3n) is 6.75. The fourth-order valence-electron chi connectivity index (χ4n) is 4.65. The molecule has 1 saturated carbocycles. The maximum atomic E-state index is 12.2. The number of aliphatic hydroxyl groups excluding tert-OH is 4. The van der Waals surface area contributed by atoms with Gasteiger partial charge in [0.25, 0.3) is 0 Å². The predicted molar refractivity (Wildman–Crippen MR) is 149 cm³/mol. The van der Waals surface area contributed by atoms with Crippen molar-refractivity contribution in [3.05, 3.63) is 81.0 Å². The number of esters is 1. The summed E-state index contributed by atoms with van der Waals surface area (Å²) in [6.07, 6.45) is 9.68. The Hall–Kier alpha value is -1.81. The van der Waals surface area contributed by atoms with Crippen molar-refractivity contribution >= 4 is 33.2 Å². The molecule has 0 bridgehead atoms. The second kappa shape index (κ2) is 15.6. The van der Waals surface area contributed by atoms with Crippen molar-refractivity contribution in [2.24, 2.45) is 11.8 Å². The molecule has 3 rings (SSSR count). The van der Waals surface area contributed by atoms with E-state index in [0.717, 1.165) is 23.0 Å². The number of halogens is 1. The number of rotatable bonds is 14. The smallest absolute Gasteiger partial charge is 0.338 e. The zero-order valence-corrected chi connectivity index (χ0v) is 23.3. The molecule has 8 heteroatoms. The number of hydrogen-bond acceptors (Lipinski definition) is 7. The van der Waals surface area contributed by atoms with E-state index in [9.17, 15) is 25.2 Å². The first-order chi connectivity index (χ1) is 17.9. The number of unbranched alkanes of at least 4 members (excludes halogenated alkanes) is 1. The Bertz CT molecular complexity index is 1010. The number of carbonyl (C=O) groups is 1. The van der Waals surface area contributed by atoms with Crippen molar-refractivity contribution in [3.63, 3.8) is 0 Å². The van der Waals surface area contributed by atoms with Crippen molar-refractivity contribution < 1.29 is 30.0 Å². The highest BCUT2D eigenvalue weighted by Crippen LogP contribution is 2.36. The number of hydrogen-bond donors (Lipinski definition) is 4. The normalized spacial score (nSPS) is 23.6. The maximum absolute atomic E-state index is 12.2. The molecule has 1 unspecified atom stereocenters. The second-order valence-electron chi connectivity index (χ2n) is 9.52. The average Bonchev–Trinajstić information content (AvgIpc) is 3.43. The molecule has 0 spiro atoms. The van der Waals surface area contributed by atoms with Crippen LogP contribution < -0.4 is 0 Å². The number of carbonyl (C=O) groups excluding carboxylic acids is 1. The molecule has 0 saturated heterocycles. The van der Waals surface area contributed by atoms with Gasteiger partial charge in [-0.15, -0.1) is 11.3 Å². The number of benzene rings is 1. The first-order valence-corrected chi connectivity index (χ1v) is 14.5. The first-order valence-electron chi connectivity index (χ1n) is 12.9. The third kappa shape index (κ3) is 9.78. The third-order valence-corrected chi connectivity index (χ3v) is 8.43. The Morgan fingerprint density at radius 3 is 2.59 bits per heavy atom. The van der Waals surface area contributed by atoms with Crippen molar-refractivity contribution in [2.45, 2.75) is 69.4 Å². The van der Waals surface area contributed by atoms with E-state index < -0.39 is 30.4 Å². The van der Waals surface area contributed by atoms with Crippen LogP contribution in [0.3, 0.4) is 0 Å². The van der Waals surface area contributed by atoms with Gasteiger partial charge in [-0.2, -0.15) is 0 Å². The Labute approximate surface area is 231 Å². The molecule has 1 aromatic heterocycles. The number of allylic oxidation sites excluding steroid dienone is 2. The standard InChI is InChI=1S/C29H37BrO6S/c30-28-17-15-23(37-28)14-12-21(32)13-16-25-24(26(33)18-27(25)34)11-7-2-1-6-10-22(19-31)36-29(35)20-8-4-3-5-9-20/h2-5,7-9,13,15-17,21-22,24-27,31-34H,1,6,10-12,14,18-19H2/b7-2-,16-13+/t21-,22?,24+,25+,26-,27+/m0/s1. The highest BCUT2D eigenvalue weighted by Gasteiger charge is 2.39. The van der Waals surface area contributed by atoms with Crippen LogP contribution in [0.25, 0.3) is 0 Å². The largest absolute Gasteiger partial charge is 0.456 e. The zero-order valence-electron chi connectivity index (χ0n) is 20.9. The summed E-state index contributed by atoms with van der Waals surface area (Å²) in [5.74, 6) is -0.755. The predicted octanol–water partition coefficient (Wildman–Crippen LogP) is 5.05. The van der Waals surface area contributed by atoms with Crippen LogP contribution in [-0.4, -0.2) is 57.4 Å². The molecule has 1 fully saturated rings. The Morgan fingerprint density at radius 1 is 1.11 bits per heavy atom. The molecular formula is C29H37BrO6S. The lowest BCUT2D eigenvalue weighted by molar-refractivity contribution is 0.0110. The van der Waals surface area contributed by atoms with Crippen LogP contribution >= 0.6 is 27.3 Å².